The van der Waals surface area contributed by atoms with Crippen molar-refractivity contribution < 1.29 is 28.6 Å². The van der Waals surface area contributed by atoms with Gasteiger partial charge in [-0.05, 0) is 73.9 Å². The Labute approximate surface area is 210 Å². The fourth-order valence-corrected chi connectivity index (χ4v) is 3.02. The topological polar surface area (TPSA) is 78.9 Å². The average molecular weight is 483 g/mol. The summed E-state index contributed by atoms with van der Waals surface area (Å²) >= 11 is 0. The van der Waals surface area contributed by atoms with Gasteiger partial charge in [-0.25, -0.2) is 14.4 Å². The Kier molecular flexibility index (Phi) is 8.02. The van der Waals surface area contributed by atoms with Gasteiger partial charge in [0.2, 0.25) is 0 Å². The highest BCUT2D eigenvalue weighted by atomic mass is 16.5. The molecule has 36 heavy (non-hydrogen) atoms. The molecule has 182 valence electrons. The van der Waals surface area contributed by atoms with Crippen LogP contribution in [0.3, 0.4) is 0 Å². The summed E-state index contributed by atoms with van der Waals surface area (Å²) in [6, 6.07) is 19.3. The second kappa shape index (κ2) is 11.1. The van der Waals surface area contributed by atoms with E-state index in [4.69, 9.17) is 14.2 Å². The molecule has 0 bridgehead atoms. The fraction of sp³-hybridized carbons (Fsp3) is 0.100. The predicted molar refractivity (Wildman–Crippen MR) is 139 cm³/mol. The molecule has 0 saturated heterocycles. The van der Waals surface area contributed by atoms with Gasteiger partial charge in [0.1, 0.15) is 17.2 Å². The van der Waals surface area contributed by atoms with Gasteiger partial charge < -0.3 is 14.2 Å². The number of rotatable bonds is 8. The number of carbonyl (C=O) groups excluding carboxylic acids is 3. The Hall–Kier alpha value is -4.71. The molecule has 0 saturated carbocycles. The third-order valence-corrected chi connectivity index (χ3v) is 5.00. The minimum atomic E-state index is -0.542. The van der Waals surface area contributed by atoms with Crippen LogP contribution < -0.4 is 14.2 Å². The maximum absolute atomic E-state index is 12.2. The molecule has 6 nitrogen and oxygen atoms in total. The monoisotopic (exact) mass is 482 g/mol. The van der Waals surface area contributed by atoms with Crippen LogP contribution in [-0.4, -0.2) is 17.9 Å². The van der Waals surface area contributed by atoms with Crippen molar-refractivity contribution in [3.05, 3.63) is 103 Å². The van der Waals surface area contributed by atoms with Gasteiger partial charge in [0.05, 0.1) is 0 Å². The first-order chi connectivity index (χ1) is 17.0. The summed E-state index contributed by atoms with van der Waals surface area (Å²) in [4.78, 5) is 35.8. The highest BCUT2D eigenvalue weighted by molar-refractivity contribution is 5.91. The molecule has 0 fully saturated rings. The first kappa shape index (κ1) is 25.9. The summed E-state index contributed by atoms with van der Waals surface area (Å²) in [5.74, 6) is -0.434. The van der Waals surface area contributed by atoms with E-state index in [1.807, 2.05) is 24.3 Å². The van der Waals surface area contributed by atoms with Gasteiger partial charge in [-0.15, -0.1) is 0 Å². The molecule has 0 amide bonds. The first-order valence-corrected chi connectivity index (χ1v) is 11.0. The molecule has 0 aliphatic heterocycles. The molecule has 6 heteroatoms. The van der Waals surface area contributed by atoms with E-state index in [0.717, 1.165) is 16.7 Å². The zero-order valence-electron chi connectivity index (χ0n) is 20.4. The maximum Gasteiger partial charge on any atom is 0.338 e. The van der Waals surface area contributed by atoms with Gasteiger partial charge in [0.15, 0.2) is 0 Å². The molecule has 0 aliphatic carbocycles. The summed E-state index contributed by atoms with van der Waals surface area (Å²) in [6.45, 7) is 15.5. The zero-order chi connectivity index (χ0) is 26.4. The molecule has 0 aliphatic rings. The quantitative estimate of drug-likeness (QED) is 0.208. The zero-order valence-corrected chi connectivity index (χ0v) is 20.4. The van der Waals surface area contributed by atoms with Crippen LogP contribution in [0.1, 0.15) is 20.8 Å². The molecule has 0 spiro atoms. The number of esters is 3. The van der Waals surface area contributed by atoms with E-state index < -0.39 is 17.9 Å². The van der Waals surface area contributed by atoms with Gasteiger partial charge in [-0.1, -0.05) is 50.1 Å². The Balaban J connectivity index is 1.97. The average Bonchev–Trinajstić information content (AvgIpc) is 2.85. The number of ether oxygens (including phenoxy) is 3. The molecule has 0 heterocycles. The lowest BCUT2D eigenvalue weighted by Gasteiger charge is -2.14. The number of hydrogen-bond acceptors (Lipinski definition) is 6. The number of benzene rings is 3. The largest absolute Gasteiger partial charge is 0.423 e. The maximum atomic E-state index is 12.2. The van der Waals surface area contributed by atoms with Crippen LogP contribution in [0.4, 0.5) is 0 Å². The number of carbonyl (C=O) groups is 3. The lowest BCUT2D eigenvalue weighted by atomic mass is 9.98. The van der Waals surface area contributed by atoms with Crippen molar-refractivity contribution in [2.45, 2.75) is 20.8 Å². The number of hydrogen-bond donors (Lipinski definition) is 0. The van der Waals surface area contributed by atoms with Crippen molar-refractivity contribution in [3.63, 3.8) is 0 Å². The molecule has 3 aromatic carbocycles. The van der Waals surface area contributed by atoms with Crippen molar-refractivity contribution in [1.29, 1.82) is 0 Å². The standard InChI is InChI=1S/C30H26O6/c1-18(2)28(31)34-24-12-7-21(8-13-24)23-11-16-27(36-30(33)20(5)6)26(17-23)22-9-14-25(15-10-22)35-29(32)19(3)4/h7-17H,1,3,5H2,2,4,6H3. The van der Waals surface area contributed by atoms with Crippen LogP contribution in [-0.2, 0) is 14.4 Å². The second-order valence-corrected chi connectivity index (χ2v) is 8.27. The van der Waals surface area contributed by atoms with E-state index in [-0.39, 0.29) is 5.57 Å². The molecule has 0 aromatic heterocycles. The summed E-state index contributed by atoms with van der Waals surface area (Å²) in [6.07, 6.45) is 0. The lowest BCUT2D eigenvalue weighted by molar-refractivity contribution is -0.130. The normalized spacial score (nSPS) is 10.2. The molecule has 3 rings (SSSR count). The van der Waals surface area contributed by atoms with Gasteiger partial charge in [0, 0.05) is 22.3 Å². The smallest absolute Gasteiger partial charge is 0.338 e. The highest BCUT2D eigenvalue weighted by Crippen LogP contribution is 2.36. The van der Waals surface area contributed by atoms with Crippen LogP contribution in [0.25, 0.3) is 22.3 Å². The van der Waals surface area contributed by atoms with Gasteiger partial charge in [-0.3, -0.25) is 0 Å². The predicted octanol–water partition coefficient (Wildman–Crippen LogP) is 6.47. The molecule has 0 N–H and O–H groups in total. The van der Waals surface area contributed by atoms with Gasteiger partial charge in [0.25, 0.3) is 0 Å². The molecule has 0 unspecified atom stereocenters. The van der Waals surface area contributed by atoms with Crippen LogP contribution in [0.5, 0.6) is 17.2 Å². The van der Waals surface area contributed by atoms with E-state index in [1.54, 1.807) is 63.2 Å². The lowest BCUT2D eigenvalue weighted by Crippen LogP contribution is -2.09. The fourth-order valence-electron chi connectivity index (χ4n) is 3.02. The Bertz CT molecular complexity index is 1360. The van der Waals surface area contributed by atoms with E-state index in [0.29, 0.717) is 34.0 Å². The third kappa shape index (κ3) is 6.45. The molecule has 0 radical (unpaired) electrons. The SMILES string of the molecule is C=C(C)C(=O)Oc1ccc(-c2ccc(OC(=O)C(=C)C)c(-c3ccc(OC(=O)C(=C)C)cc3)c2)cc1. The Morgan fingerprint density at radius 2 is 0.917 bits per heavy atom. The van der Waals surface area contributed by atoms with Gasteiger partial charge in [-0.2, -0.15) is 0 Å². The van der Waals surface area contributed by atoms with Crippen molar-refractivity contribution in [2.24, 2.45) is 0 Å². The third-order valence-electron chi connectivity index (χ3n) is 5.00. The second-order valence-electron chi connectivity index (χ2n) is 8.27. The van der Waals surface area contributed by atoms with Crippen molar-refractivity contribution in [2.75, 3.05) is 0 Å². The highest BCUT2D eigenvalue weighted by Gasteiger charge is 2.15. The summed E-state index contributed by atoms with van der Waals surface area (Å²) in [7, 11) is 0. The van der Waals surface area contributed by atoms with Crippen LogP contribution in [0.2, 0.25) is 0 Å². The van der Waals surface area contributed by atoms with Crippen LogP contribution in [0.15, 0.2) is 103 Å². The first-order valence-electron chi connectivity index (χ1n) is 11.0. The summed E-state index contributed by atoms with van der Waals surface area (Å²) < 4.78 is 16.1. The Morgan fingerprint density at radius 1 is 0.528 bits per heavy atom. The molecular weight excluding hydrogens is 456 g/mol. The van der Waals surface area contributed by atoms with Crippen molar-refractivity contribution in [3.8, 4) is 39.5 Å². The van der Waals surface area contributed by atoms with Crippen LogP contribution >= 0.6 is 0 Å². The molecular formula is C30H26O6. The van der Waals surface area contributed by atoms with Gasteiger partial charge >= 0.3 is 17.9 Å². The molecule has 3 aromatic rings. The molecule has 0 atom stereocenters. The van der Waals surface area contributed by atoms with E-state index in [9.17, 15) is 14.4 Å². The van der Waals surface area contributed by atoms with E-state index in [1.165, 1.54) is 0 Å². The van der Waals surface area contributed by atoms with E-state index in [2.05, 4.69) is 19.7 Å². The van der Waals surface area contributed by atoms with Crippen LogP contribution in [0, 0.1) is 0 Å². The minimum absolute atomic E-state index is 0.270. The summed E-state index contributed by atoms with van der Waals surface area (Å²) in [5, 5.41) is 0. The van der Waals surface area contributed by atoms with E-state index >= 15 is 0 Å². The Morgan fingerprint density at radius 3 is 1.36 bits per heavy atom. The van der Waals surface area contributed by atoms with Crippen molar-refractivity contribution >= 4 is 17.9 Å². The summed E-state index contributed by atoms with van der Waals surface area (Å²) in [5.41, 5.74) is 3.96. The van der Waals surface area contributed by atoms with Crippen molar-refractivity contribution in [1.82, 2.24) is 0 Å². The minimum Gasteiger partial charge on any atom is -0.423 e.